The fourth-order valence-electron chi connectivity index (χ4n) is 3.73. The number of rotatable bonds is 5. The lowest BCUT2D eigenvalue weighted by atomic mass is 9.98. The van der Waals surface area contributed by atoms with Crippen molar-refractivity contribution in [3.63, 3.8) is 0 Å². The Labute approximate surface area is 176 Å². The van der Waals surface area contributed by atoms with E-state index < -0.39 is 6.04 Å². The zero-order valence-corrected chi connectivity index (χ0v) is 17.0. The molecule has 5 rings (SSSR count). The summed E-state index contributed by atoms with van der Waals surface area (Å²) in [5.41, 5.74) is 1.34. The van der Waals surface area contributed by atoms with Gasteiger partial charge >= 0.3 is 0 Å². The van der Waals surface area contributed by atoms with Crippen LogP contribution in [0.4, 0.5) is 5.13 Å². The molecule has 2 aromatic heterocycles. The van der Waals surface area contributed by atoms with E-state index in [0.29, 0.717) is 28.3 Å². The molecular formula is C23H18N2O4S. The van der Waals surface area contributed by atoms with Crippen molar-refractivity contribution >= 4 is 33.3 Å². The van der Waals surface area contributed by atoms with Crippen LogP contribution in [0.25, 0.3) is 11.0 Å². The van der Waals surface area contributed by atoms with E-state index in [1.807, 2.05) is 31.2 Å². The van der Waals surface area contributed by atoms with Crippen LogP contribution < -0.4 is 15.1 Å². The van der Waals surface area contributed by atoms with Crippen molar-refractivity contribution in [3.05, 3.63) is 87.2 Å². The van der Waals surface area contributed by atoms with Crippen LogP contribution in [0.15, 0.2) is 69.3 Å². The van der Waals surface area contributed by atoms with Gasteiger partial charge in [-0.05, 0) is 36.2 Å². The number of para-hydroxylation sites is 1. The molecule has 3 heterocycles. The molecule has 1 aliphatic rings. The molecule has 6 nitrogen and oxygen atoms in total. The number of anilines is 1. The highest BCUT2D eigenvalue weighted by atomic mass is 32.1. The SMILES string of the molecule is CCCOc1ccc([C@H]2c3c(oc4ccccc4c3=O)C(=O)N2c2nccs2)cc1. The summed E-state index contributed by atoms with van der Waals surface area (Å²) in [5.74, 6) is 0.459. The average Bonchev–Trinajstić information content (AvgIpc) is 3.40. The summed E-state index contributed by atoms with van der Waals surface area (Å²) in [7, 11) is 0. The number of hydrogen-bond donors (Lipinski definition) is 0. The molecule has 4 aromatic rings. The number of fused-ring (bicyclic) bond motifs is 2. The van der Waals surface area contributed by atoms with E-state index in [1.165, 1.54) is 11.3 Å². The second kappa shape index (κ2) is 7.42. The number of benzene rings is 2. The number of hydrogen-bond acceptors (Lipinski definition) is 6. The second-order valence-corrected chi connectivity index (χ2v) is 7.85. The van der Waals surface area contributed by atoms with Gasteiger partial charge in [0.1, 0.15) is 11.3 Å². The van der Waals surface area contributed by atoms with Gasteiger partial charge in [0.2, 0.25) is 5.76 Å². The van der Waals surface area contributed by atoms with Gasteiger partial charge in [-0.25, -0.2) is 4.98 Å². The number of aromatic nitrogens is 1. The van der Waals surface area contributed by atoms with Crippen molar-refractivity contribution in [2.24, 2.45) is 0 Å². The van der Waals surface area contributed by atoms with E-state index in [9.17, 15) is 9.59 Å². The van der Waals surface area contributed by atoms with Gasteiger partial charge in [-0.2, -0.15) is 0 Å². The zero-order valence-electron chi connectivity index (χ0n) is 16.2. The lowest BCUT2D eigenvalue weighted by molar-refractivity contribution is 0.0971. The Balaban J connectivity index is 1.70. The molecule has 0 radical (unpaired) electrons. The average molecular weight is 418 g/mol. The Hall–Kier alpha value is -3.45. The van der Waals surface area contributed by atoms with Crippen LogP contribution in [0, 0.1) is 0 Å². The van der Waals surface area contributed by atoms with Crippen LogP contribution in [-0.2, 0) is 0 Å². The van der Waals surface area contributed by atoms with Crippen molar-refractivity contribution in [1.82, 2.24) is 4.98 Å². The van der Waals surface area contributed by atoms with Gasteiger partial charge in [0.15, 0.2) is 10.6 Å². The van der Waals surface area contributed by atoms with Gasteiger partial charge < -0.3 is 9.15 Å². The van der Waals surface area contributed by atoms with E-state index in [-0.39, 0.29) is 17.1 Å². The Morgan fingerprint density at radius 3 is 2.67 bits per heavy atom. The van der Waals surface area contributed by atoms with Crippen LogP contribution in [0.2, 0.25) is 0 Å². The maximum Gasteiger partial charge on any atom is 0.297 e. The van der Waals surface area contributed by atoms with Crippen LogP contribution in [0.5, 0.6) is 5.75 Å². The van der Waals surface area contributed by atoms with Crippen molar-refractivity contribution in [1.29, 1.82) is 0 Å². The molecule has 2 aromatic carbocycles. The predicted octanol–water partition coefficient (Wildman–Crippen LogP) is 4.79. The third-order valence-corrected chi connectivity index (χ3v) is 5.84. The molecule has 0 saturated carbocycles. The summed E-state index contributed by atoms with van der Waals surface area (Å²) in [6, 6.07) is 13.9. The number of carbonyl (C=O) groups is 1. The largest absolute Gasteiger partial charge is 0.494 e. The number of thiazole rings is 1. The van der Waals surface area contributed by atoms with Crippen molar-refractivity contribution < 1.29 is 13.9 Å². The van der Waals surface area contributed by atoms with E-state index in [4.69, 9.17) is 9.15 Å². The molecular weight excluding hydrogens is 400 g/mol. The van der Waals surface area contributed by atoms with Crippen molar-refractivity contribution in [3.8, 4) is 5.75 Å². The Morgan fingerprint density at radius 1 is 1.13 bits per heavy atom. The molecule has 0 fully saturated rings. The van der Waals surface area contributed by atoms with Crippen molar-refractivity contribution in [2.45, 2.75) is 19.4 Å². The summed E-state index contributed by atoms with van der Waals surface area (Å²) < 4.78 is 11.6. The highest BCUT2D eigenvalue weighted by Gasteiger charge is 2.44. The Kier molecular flexibility index (Phi) is 4.59. The molecule has 30 heavy (non-hydrogen) atoms. The summed E-state index contributed by atoms with van der Waals surface area (Å²) in [6.07, 6.45) is 2.55. The van der Waals surface area contributed by atoms with Crippen LogP contribution in [-0.4, -0.2) is 17.5 Å². The van der Waals surface area contributed by atoms with Crippen molar-refractivity contribution in [2.75, 3.05) is 11.5 Å². The van der Waals surface area contributed by atoms with E-state index in [0.717, 1.165) is 17.7 Å². The summed E-state index contributed by atoms with van der Waals surface area (Å²) in [6.45, 7) is 2.68. The molecule has 1 aliphatic heterocycles. The molecule has 1 amide bonds. The summed E-state index contributed by atoms with van der Waals surface area (Å²) in [4.78, 5) is 32.6. The van der Waals surface area contributed by atoms with E-state index in [2.05, 4.69) is 4.98 Å². The third-order valence-electron chi connectivity index (χ3n) is 5.07. The first kappa shape index (κ1) is 18.6. The maximum absolute atomic E-state index is 13.4. The quantitative estimate of drug-likeness (QED) is 0.466. The first-order valence-electron chi connectivity index (χ1n) is 9.70. The second-order valence-electron chi connectivity index (χ2n) is 6.98. The zero-order chi connectivity index (χ0) is 20.7. The number of ether oxygens (including phenoxy) is 1. The standard InChI is InChI=1S/C23H18N2O4S/c1-2-12-28-15-9-7-14(8-10-15)19-18-20(26)16-5-3-4-6-17(16)29-21(18)22(27)25(19)23-24-11-13-30-23/h3-11,13,19H,2,12H2,1H3/t19-/m0/s1. The monoisotopic (exact) mass is 418 g/mol. The van der Waals surface area contributed by atoms with Crippen LogP contribution in [0.1, 0.15) is 41.1 Å². The minimum absolute atomic E-state index is 0.0743. The van der Waals surface area contributed by atoms with Gasteiger partial charge in [-0.3, -0.25) is 14.5 Å². The maximum atomic E-state index is 13.4. The van der Waals surface area contributed by atoms with Gasteiger partial charge in [0.05, 0.1) is 23.6 Å². The highest BCUT2D eigenvalue weighted by molar-refractivity contribution is 7.13. The molecule has 1 atom stereocenters. The van der Waals surface area contributed by atoms with Gasteiger partial charge in [0, 0.05) is 11.6 Å². The fraction of sp³-hybridized carbons (Fsp3) is 0.174. The first-order valence-corrected chi connectivity index (χ1v) is 10.6. The normalized spacial score (nSPS) is 15.6. The van der Waals surface area contributed by atoms with Gasteiger partial charge in [-0.15, -0.1) is 11.3 Å². The number of carbonyl (C=O) groups excluding carboxylic acids is 1. The minimum Gasteiger partial charge on any atom is -0.494 e. The Bertz CT molecular complexity index is 1280. The molecule has 0 N–H and O–H groups in total. The fourth-order valence-corrected chi connectivity index (χ4v) is 4.40. The van der Waals surface area contributed by atoms with E-state index >= 15 is 0 Å². The number of amides is 1. The number of nitrogens with zero attached hydrogens (tertiary/aromatic N) is 2. The predicted molar refractivity (Wildman–Crippen MR) is 115 cm³/mol. The lowest BCUT2D eigenvalue weighted by Gasteiger charge is -2.22. The molecule has 0 unspecified atom stereocenters. The lowest BCUT2D eigenvalue weighted by Crippen LogP contribution is -2.29. The third kappa shape index (κ3) is 2.90. The molecule has 7 heteroatoms. The molecule has 0 bridgehead atoms. The first-order chi connectivity index (χ1) is 14.7. The van der Waals surface area contributed by atoms with Gasteiger partial charge in [-0.1, -0.05) is 31.2 Å². The molecule has 150 valence electrons. The minimum atomic E-state index is -0.611. The highest BCUT2D eigenvalue weighted by Crippen LogP contribution is 2.42. The molecule has 0 saturated heterocycles. The summed E-state index contributed by atoms with van der Waals surface area (Å²) in [5, 5.41) is 2.78. The van der Waals surface area contributed by atoms with Crippen LogP contribution in [0.3, 0.4) is 0 Å². The van der Waals surface area contributed by atoms with Crippen LogP contribution >= 0.6 is 11.3 Å². The smallest absolute Gasteiger partial charge is 0.297 e. The molecule has 0 aliphatic carbocycles. The molecule has 0 spiro atoms. The Morgan fingerprint density at radius 2 is 1.93 bits per heavy atom. The van der Waals surface area contributed by atoms with Gasteiger partial charge in [0.25, 0.3) is 5.91 Å². The van der Waals surface area contributed by atoms with E-state index in [1.54, 1.807) is 40.7 Å². The topological polar surface area (TPSA) is 72.6 Å². The summed E-state index contributed by atoms with van der Waals surface area (Å²) >= 11 is 1.34.